The minimum Gasteiger partial charge on any atom is -0.261 e. The molecule has 0 amide bonds. The van der Waals surface area contributed by atoms with Crippen molar-refractivity contribution in [2.75, 3.05) is 0 Å². The van der Waals surface area contributed by atoms with Crippen molar-refractivity contribution in [2.45, 2.75) is 88.3 Å². The molecular weight excluding hydrogens is 1100 g/mol. The van der Waals surface area contributed by atoms with E-state index in [0.29, 0.717) is 17.5 Å². The molecule has 0 aliphatic carbocycles. The molecule has 452 valence electrons. The molecule has 0 saturated carbocycles. The molecular formula is C79H85N11+4. The van der Waals surface area contributed by atoms with Gasteiger partial charge >= 0.3 is 0 Å². The summed E-state index contributed by atoms with van der Waals surface area (Å²) in [5.41, 5.74) is 21.8. The van der Waals surface area contributed by atoms with Gasteiger partial charge in [-0.15, -0.1) is 0 Å². The van der Waals surface area contributed by atoms with Crippen LogP contribution in [-0.2, 0) is 34.6 Å². The van der Waals surface area contributed by atoms with Gasteiger partial charge in [0.15, 0.2) is 30.6 Å². The van der Waals surface area contributed by atoms with E-state index >= 15 is 0 Å². The van der Waals surface area contributed by atoms with E-state index in [9.17, 15) is 0 Å². The van der Waals surface area contributed by atoms with Crippen LogP contribution in [-0.4, -0.2) is 34.9 Å². The summed E-state index contributed by atoms with van der Waals surface area (Å²) < 4.78 is 86.0. The molecule has 0 saturated heterocycles. The first kappa shape index (κ1) is 51.9. The summed E-state index contributed by atoms with van der Waals surface area (Å²) in [5, 5.41) is 0. The van der Waals surface area contributed by atoms with E-state index in [1.165, 1.54) is 57.0 Å². The maximum absolute atomic E-state index is 8.23. The lowest BCUT2D eigenvalue weighted by Crippen LogP contribution is -2.31. The van der Waals surface area contributed by atoms with Gasteiger partial charge in [-0.05, 0) is 144 Å². The first-order valence-electron chi connectivity index (χ1n) is 34.8. The van der Waals surface area contributed by atoms with E-state index in [4.69, 9.17) is 13.7 Å². The molecule has 11 heteroatoms. The fraction of sp³-hybridized carbons (Fsp3) is 0.228. The first-order valence-corrected chi connectivity index (χ1v) is 29.8. The van der Waals surface area contributed by atoms with Gasteiger partial charge in [-0.1, -0.05) is 113 Å². The van der Waals surface area contributed by atoms with E-state index in [-0.39, 0.29) is 11.5 Å². The van der Waals surface area contributed by atoms with Crippen LogP contribution in [0.1, 0.15) is 98.3 Å². The SMILES string of the molecule is Cc1cccc(-c2cc[n+](C)c(-c3ccccc3C)c2)n1.[2H]C(C)(C)c1ncc(-c2ccc(-c3ccccc3C)[n+](C)c2)cn1.[2H]C([2H])([2H])C([2H])(C)C([2H])([2H])c1ccc(-c2ccc(-c3ccccc3C)[n+](C)c2)cn1.[2H]C([2H])([2H])c1nc(C)nc(-c2ccc(-c3ccccc3C)[n+](C)c2)n1. The lowest BCUT2D eigenvalue weighted by atomic mass is 10.0. The van der Waals surface area contributed by atoms with Crippen LogP contribution < -0.4 is 18.3 Å². The second-order valence-corrected chi connectivity index (χ2v) is 22.6. The van der Waals surface area contributed by atoms with Gasteiger partial charge in [0.25, 0.3) is 0 Å². The Kier molecular flexibility index (Phi) is 17.1. The Bertz CT molecular complexity index is 4880. The van der Waals surface area contributed by atoms with Gasteiger partial charge in [0, 0.05) is 130 Å². The van der Waals surface area contributed by atoms with Crippen LogP contribution in [0.4, 0.5) is 0 Å². The van der Waals surface area contributed by atoms with E-state index < -0.39 is 31.9 Å². The normalized spacial score (nSPS) is 13.7. The Morgan fingerprint density at radius 3 is 1.36 bits per heavy atom. The molecule has 12 aromatic rings. The summed E-state index contributed by atoms with van der Waals surface area (Å²) in [4.78, 5) is 29.9. The largest absolute Gasteiger partial charge is 0.261 e. The van der Waals surface area contributed by atoms with Gasteiger partial charge < -0.3 is 0 Å². The number of aryl methyl sites for hydroxylation is 11. The Morgan fingerprint density at radius 1 is 0.422 bits per heavy atom. The fourth-order valence-electron chi connectivity index (χ4n) is 10.5. The second-order valence-electron chi connectivity index (χ2n) is 22.6. The maximum Gasteiger partial charge on any atom is 0.213 e. The average Bonchev–Trinajstić information content (AvgIpc) is 0.758. The fourth-order valence-corrected chi connectivity index (χ4v) is 10.5. The third-order valence-corrected chi connectivity index (χ3v) is 15.3. The number of aromatic nitrogens is 11. The smallest absolute Gasteiger partial charge is 0.213 e. The lowest BCUT2D eigenvalue weighted by molar-refractivity contribution is -0.660. The molecule has 90 heavy (non-hydrogen) atoms. The second kappa shape index (κ2) is 29.7. The van der Waals surface area contributed by atoms with Crippen LogP contribution in [0, 0.1) is 54.3 Å². The van der Waals surface area contributed by atoms with Crippen molar-refractivity contribution in [3.05, 3.63) is 270 Å². The van der Waals surface area contributed by atoms with Gasteiger partial charge in [-0.25, -0.2) is 43.2 Å². The minimum atomic E-state index is -2.78. The summed E-state index contributed by atoms with van der Waals surface area (Å²) in [6.45, 7) is 11.6. The van der Waals surface area contributed by atoms with Crippen molar-refractivity contribution in [3.8, 4) is 89.9 Å². The van der Waals surface area contributed by atoms with Crippen LogP contribution in [0.15, 0.2) is 219 Å². The number of nitrogens with zero attached hydrogens (tertiary/aromatic N) is 11. The highest BCUT2D eigenvalue weighted by Gasteiger charge is 2.19. The predicted molar refractivity (Wildman–Crippen MR) is 364 cm³/mol. The van der Waals surface area contributed by atoms with Crippen molar-refractivity contribution in [1.29, 1.82) is 0 Å². The maximum atomic E-state index is 8.23. The molecule has 11 nitrogen and oxygen atoms in total. The quantitative estimate of drug-likeness (QED) is 0.119. The van der Waals surface area contributed by atoms with Crippen molar-refractivity contribution in [2.24, 2.45) is 34.1 Å². The van der Waals surface area contributed by atoms with E-state index in [0.717, 1.165) is 74.2 Å². The van der Waals surface area contributed by atoms with Gasteiger partial charge in [-0.3, -0.25) is 9.97 Å². The molecule has 1 unspecified atom stereocenters. The number of hydrogen-bond acceptors (Lipinski definition) is 7. The minimum absolute atomic E-state index is 0.0687. The van der Waals surface area contributed by atoms with Crippen molar-refractivity contribution >= 4 is 0 Å². The molecule has 0 spiro atoms. The van der Waals surface area contributed by atoms with Crippen LogP contribution in [0.25, 0.3) is 89.9 Å². The van der Waals surface area contributed by atoms with Crippen LogP contribution in [0.3, 0.4) is 0 Å². The highest BCUT2D eigenvalue weighted by atomic mass is 15.0. The lowest BCUT2D eigenvalue weighted by Gasteiger charge is -2.07. The molecule has 1 atom stereocenters. The molecule has 0 aliphatic rings. The zero-order valence-corrected chi connectivity index (χ0v) is 53.7. The summed E-state index contributed by atoms with van der Waals surface area (Å²) in [6, 6.07) is 58.9. The number of rotatable bonds is 11. The zero-order chi connectivity index (χ0) is 72.6. The number of benzene rings is 4. The predicted octanol–water partition coefficient (Wildman–Crippen LogP) is 15.6. The van der Waals surface area contributed by atoms with Crippen LogP contribution >= 0.6 is 0 Å². The van der Waals surface area contributed by atoms with Crippen molar-refractivity contribution in [3.63, 3.8) is 0 Å². The third-order valence-electron chi connectivity index (χ3n) is 15.3. The summed E-state index contributed by atoms with van der Waals surface area (Å²) in [6.07, 6.45) is 10.7. The Hall–Kier alpha value is -10.1. The van der Waals surface area contributed by atoms with Gasteiger partial charge in [-0.2, -0.15) is 0 Å². The standard InChI is InChI=1S/C22H25N2.C20H22N3.C19H19N2.C18H19N4/c1-16(2)13-20-11-9-18(14-23-20)19-10-12-22(24(4)15-19)21-8-6-5-7-17(21)3;1-14(2)20-21-11-17(12-22-20)16-9-10-19(23(4)13-16)18-8-6-5-7-15(18)3;1-14-7-4-5-9-17(14)19-13-16(11-12-21(19)3)18-10-6-8-15(2)20-18;1-12-7-5-6-8-16(12)17-10-9-15(11-22(17)4)18-20-13(2)19-14(3)21-18/h5-12,14-16H,13H2,1-4H3;5-14H,1-4H3;4-13H,1-3H3;5-11H,1-4H3/q4*+1/i1D3,13D2,16D;14D;;2D3. The average molecular weight is 1200 g/mol. The Balaban J connectivity index is 0.000000157. The molecule has 8 aromatic heterocycles. The van der Waals surface area contributed by atoms with Gasteiger partial charge in [0.2, 0.25) is 22.8 Å². The summed E-state index contributed by atoms with van der Waals surface area (Å²) >= 11 is 0. The van der Waals surface area contributed by atoms with E-state index in [1.54, 1.807) is 39.2 Å². The number of pyridine rings is 6. The molecule has 0 bridgehead atoms. The summed E-state index contributed by atoms with van der Waals surface area (Å²) in [7, 11) is 8.04. The molecule has 12 rings (SSSR count). The molecule has 4 aromatic carbocycles. The van der Waals surface area contributed by atoms with Gasteiger partial charge in [0.1, 0.15) is 45.7 Å². The highest BCUT2D eigenvalue weighted by Crippen LogP contribution is 2.28. The molecule has 0 fully saturated rings. The third kappa shape index (κ3) is 16.3. The zero-order valence-electron chi connectivity index (χ0n) is 63.7. The topological polar surface area (TPSA) is 106 Å². The molecule has 0 aliphatic heterocycles. The first-order chi connectivity index (χ1) is 47.1. The molecule has 0 N–H and O–H groups in total. The number of hydrogen-bond donors (Lipinski definition) is 0. The molecule has 8 heterocycles. The Morgan fingerprint density at radius 2 is 0.889 bits per heavy atom. The van der Waals surface area contributed by atoms with E-state index in [1.807, 2.05) is 104 Å². The Labute approximate surface area is 547 Å². The van der Waals surface area contributed by atoms with E-state index in [2.05, 4.69) is 200 Å². The van der Waals surface area contributed by atoms with Gasteiger partial charge in [0.05, 0.1) is 11.3 Å². The van der Waals surface area contributed by atoms with Crippen molar-refractivity contribution < 1.29 is 32.0 Å². The van der Waals surface area contributed by atoms with Crippen LogP contribution in [0.5, 0.6) is 0 Å². The van der Waals surface area contributed by atoms with Crippen LogP contribution in [0.2, 0.25) is 0 Å². The summed E-state index contributed by atoms with van der Waals surface area (Å²) in [5.74, 6) is -1.99. The highest BCUT2D eigenvalue weighted by molar-refractivity contribution is 5.70. The molecule has 0 radical (unpaired) electrons. The van der Waals surface area contributed by atoms with Crippen molar-refractivity contribution in [1.82, 2.24) is 34.9 Å². The monoisotopic (exact) mass is 1200 g/mol.